The predicted octanol–water partition coefficient (Wildman–Crippen LogP) is 7.09. The number of hydrogen-bond donors (Lipinski definition) is 1. The maximum absolute atomic E-state index is 3.54. The molecule has 0 saturated heterocycles. The molecule has 0 aromatic heterocycles. The van der Waals surface area contributed by atoms with Crippen LogP contribution in [0, 0.1) is 6.92 Å². The first-order valence-corrected chi connectivity index (χ1v) is 9.53. The van der Waals surface area contributed by atoms with E-state index < -0.39 is 0 Å². The third-order valence-corrected chi connectivity index (χ3v) is 4.53. The molecule has 1 nitrogen and oxygen atoms in total. The predicted molar refractivity (Wildman–Crippen MR) is 99.2 cm³/mol. The second-order valence-electron chi connectivity index (χ2n) is 6.07. The van der Waals surface area contributed by atoms with Gasteiger partial charge in [0.1, 0.15) is 0 Å². The SMILES string of the molecule is CCCCCCCCCCCCNc1ccc(Br)cc1C. The third kappa shape index (κ3) is 9.18. The molecule has 0 amide bonds. The van der Waals surface area contributed by atoms with Crippen LogP contribution in [0.1, 0.15) is 76.7 Å². The molecule has 0 aliphatic heterocycles. The van der Waals surface area contributed by atoms with Gasteiger partial charge in [-0.3, -0.25) is 0 Å². The summed E-state index contributed by atoms with van der Waals surface area (Å²) in [7, 11) is 0. The van der Waals surface area contributed by atoms with Gasteiger partial charge >= 0.3 is 0 Å². The van der Waals surface area contributed by atoms with Crippen molar-refractivity contribution in [3.63, 3.8) is 0 Å². The lowest BCUT2D eigenvalue weighted by Gasteiger charge is -2.09. The Morgan fingerprint density at radius 2 is 1.43 bits per heavy atom. The van der Waals surface area contributed by atoms with E-state index in [1.54, 1.807) is 0 Å². The Bertz CT molecular complexity index is 376. The lowest BCUT2D eigenvalue weighted by Crippen LogP contribution is -2.02. The third-order valence-electron chi connectivity index (χ3n) is 4.03. The quantitative estimate of drug-likeness (QED) is 0.395. The second-order valence-corrected chi connectivity index (χ2v) is 6.98. The summed E-state index contributed by atoms with van der Waals surface area (Å²) in [6, 6.07) is 6.43. The minimum Gasteiger partial charge on any atom is -0.385 e. The highest BCUT2D eigenvalue weighted by Gasteiger charge is 1.98. The Morgan fingerprint density at radius 1 is 0.857 bits per heavy atom. The van der Waals surface area contributed by atoms with Gasteiger partial charge in [0.25, 0.3) is 0 Å². The van der Waals surface area contributed by atoms with Crippen molar-refractivity contribution < 1.29 is 0 Å². The maximum atomic E-state index is 3.54. The monoisotopic (exact) mass is 353 g/mol. The van der Waals surface area contributed by atoms with Crippen LogP contribution in [0.15, 0.2) is 22.7 Å². The molecule has 0 aliphatic rings. The first-order chi connectivity index (χ1) is 10.2. The number of nitrogens with one attached hydrogen (secondary N) is 1. The van der Waals surface area contributed by atoms with Crippen LogP contribution in [0.5, 0.6) is 0 Å². The Balaban J connectivity index is 1.93. The summed E-state index contributed by atoms with van der Waals surface area (Å²) in [5.74, 6) is 0. The van der Waals surface area contributed by atoms with E-state index in [2.05, 4.69) is 53.3 Å². The van der Waals surface area contributed by atoms with E-state index in [9.17, 15) is 0 Å². The van der Waals surface area contributed by atoms with Crippen LogP contribution < -0.4 is 5.32 Å². The molecule has 0 saturated carbocycles. The fraction of sp³-hybridized carbons (Fsp3) is 0.684. The molecule has 1 rings (SSSR count). The highest BCUT2D eigenvalue weighted by atomic mass is 79.9. The van der Waals surface area contributed by atoms with Gasteiger partial charge in [0.15, 0.2) is 0 Å². The van der Waals surface area contributed by atoms with Gasteiger partial charge in [-0.15, -0.1) is 0 Å². The summed E-state index contributed by atoms with van der Waals surface area (Å²) in [4.78, 5) is 0. The van der Waals surface area contributed by atoms with Crippen LogP contribution in [-0.4, -0.2) is 6.54 Å². The zero-order chi connectivity index (χ0) is 15.3. The van der Waals surface area contributed by atoms with Crippen LogP contribution >= 0.6 is 15.9 Å². The molecule has 0 unspecified atom stereocenters. The van der Waals surface area contributed by atoms with Crippen molar-refractivity contribution in [2.75, 3.05) is 11.9 Å². The van der Waals surface area contributed by atoms with E-state index in [0.29, 0.717) is 0 Å². The second kappa shape index (κ2) is 12.1. The summed E-state index contributed by atoms with van der Waals surface area (Å²) in [5, 5.41) is 3.54. The highest BCUT2D eigenvalue weighted by molar-refractivity contribution is 9.10. The van der Waals surface area contributed by atoms with E-state index in [1.807, 2.05) is 0 Å². The van der Waals surface area contributed by atoms with Gasteiger partial charge in [0.05, 0.1) is 0 Å². The molecule has 0 bridgehead atoms. The van der Waals surface area contributed by atoms with Gasteiger partial charge < -0.3 is 5.32 Å². The van der Waals surface area contributed by atoms with Gasteiger partial charge in [0, 0.05) is 16.7 Å². The Labute approximate surface area is 140 Å². The summed E-state index contributed by atoms with van der Waals surface area (Å²) in [5.41, 5.74) is 2.59. The lowest BCUT2D eigenvalue weighted by molar-refractivity contribution is 0.560. The number of rotatable bonds is 12. The van der Waals surface area contributed by atoms with E-state index in [4.69, 9.17) is 0 Å². The molecule has 0 spiro atoms. The highest BCUT2D eigenvalue weighted by Crippen LogP contribution is 2.20. The molecule has 0 heterocycles. The van der Waals surface area contributed by atoms with Crippen molar-refractivity contribution >= 4 is 21.6 Å². The van der Waals surface area contributed by atoms with Gasteiger partial charge in [0.2, 0.25) is 0 Å². The topological polar surface area (TPSA) is 12.0 Å². The van der Waals surface area contributed by atoms with Crippen LogP contribution in [0.25, 0.3) is 0 Å². The number of unbranched alkanes of at least 4 members (excludes halogenated alkanes) is 9. The molecular formula is C19H32BrN. The zero-order valence-corrected chi connectivity index (χ0v) is 15.5. The average molecular weight is 354 g/mol. The minimum atomic E-state index is 1.10. The van der Waals surface area contributed by atoms with Crippen molar-refractivity contribution in [3.8, 4) is 0 Å². The average Bonchev–Trinajstić information content (AvgIpc) is 2.46. The van der Waals surface area contributed by atoms with E-state index in [-0.39, 0.29) is 0 Å². The van der Waals surface area contributed by atoms with Crippen LogP contribution in [0.3, 0.4) is 0 Å². The zero-order valence-electron chi connectivity index (χ0n) is 13.9. The molecule has 0 radical (unpaired) electrons. The van der Waals surface area contributed by atoms with Crippen molar-refractivity contribution in [3.05, 3.63) is 28.2 Å². The van der Waals surface area contributed by atoms with Gasteiger partial charge in [-0.25, -0.2) is 0 Å². The van der Waals surface area contributed by atoms with E-state index in [1.165, 1.54) is 75.5 Å². The largest absolute Gasteiger partial charge is 0.385 e. The summed E-state index contributed by atoms with van der Waals surface area (Å²) < 4.78 is 1.16. The maximum Gasteiger partial charge on any atom is 0.0370 e. The molecule has 0 atom stereocenters. The van der Waals surface area contributed by atoms with Crippen molar-refractivity contribution in [2.45, 2.75) is 78.1 Å². The molecule has 1 aromatic rings. The van der Waals surface area contributed by atoms with E-state index in [0.717, 1.165) is 11.0 Å². The Hall–Kier alpha value is -0.500. The van der Waals surface area contributed by atoms with Crippen molar-refractivity contribution in [1.82, 2.24) is 0 Å². The van der Waals surface area contributed by atoms with Crippen molar-refractivity contribution in [1.29, 1.82) is 0 Å². The molecule has 1 N–H and O–H groups in total. The fourth-order valence-electron chi connectivity index (χ4n) is 2.66. The molecule has 0 fully saturated rings. The van der Waals surface area contributed by atoms with Crippen LogP contribution in [0.2, 0.25) is 0 Å². The summed E-state index contributed by atoms with van der Waals surface area (Å²) >= 11 is 3.51. The number of halogens is 1. The Morgan fingerprint density at radius 3 is 2.00 bits per heavy atom. The summed E-state index contributed by atoms with van der Waals surface area (Å²) in [6.45, 7) is 5.54. The fourth-order valence-corrected chi connectivity index (χ4v) is 3.14. The molecule has 2 heteroatoms. The van der Waals surface area contributed by atoms with Gasteiger partial charge in [-0.2, -0.15) is 0 Å². The molecule has 1 aromatic carbocycles. The molecule has 21 heavy (non-hydrogen) atoms. The van der Waals surface area contributed by atoms with Gasteiger partial charge in [-0.05, 0) is 37.1 Å². The molecule has 120 valence electrons. The standard InChI is InChI=1S/C19H32BrN/c1-3-4-5-6-7-8-9-10-11-12-15-21-19-14-13-18(20)16-17(19)2/h13-14,16,21H,3-12,15H2,1-2H3. The number of anilines is 1. The first kappa shape index (κ1) is 18.5. The number of benzene rings is 1. The first-order valence-electron chi connectivity index (χ1n) is 8.74. The lowest BCUT2D eigenvalue weighted by atomic mass is 10.1. The smallest absolute Gasteiger partial charge is 0.0370 e. The molecule has 0 aliphatic carbocycles. The minimum absolute atomic E-state index is 1.10. The number of hydrogen-bond acceptors (Lipinski definition) is 1. The van der Waals surface area contributed by atoms with Crippen LogP contribution in [-0.2, 0) is 0 Å². The number of aryl methyl sites for hydroxylation is 1. The van der Waals surface area contributed by atoms with Crippen LogP contribution in [0.4, 0.5) is 5.69 Å². The molecular weight excluding hydrogens is 322 g/mol. The summed E-state index contributed by atoms with van der Waals surface area (Å²) in [6.07, 6.45) is 14.0. The van der Waals surface area contributed by atoms with Crippen molar-refractivity contribution in [2.24, 2.45) is 0 Å². The van der Waals surface area contributed by atoms with E-state index >= 15 is 0 Å². The van der Waals surface area contributed by atoms with Gasteiger partial charge in [-0.1, -0.05) is 80.6 Å². The Kier molecular flexibility index (Phi) is 10.7. The normalized spacial score (nSPS) is 10.8.